The summed E-state index contributed by atoms with van der Waals surface area (Å²) in [4.78, 5) is 11.9. The van der Waals surface area contributed by atoms with Gasteiger partial charge in [-0.3, -0.25) is 9.97 Å². The predicted octanol–water partition coefficient (Wildman–Crippen LogP) is 2.30. The van der Waals surface area contributed by atoms with Crippen molar-refractivity contribution in [2.24, 2.45) is 0 Å². The van der Waals surface area contributed by atoms with Crippen molar-refractivity contribution in [3.8, 4) is 17.1 Å². The largest absolute Gasteiger partial charge is 0.481 e. The van der Waals surface area contributed by atoms with E-state index < -0.39 is 11.9 Å². The maximum Gasteiger partial charge on any atom is 0.213 e. The van der Waals surface area contributed by atoms with Crippen LogP contribution in [0.4, 0.5) is 4.39 Å². The third-order valence-corrected chi connectivity index (χ3v) is 2.72. The lowest BCUT2D eigenvalue weighted by Gasteiger charge is -2.08. The van der Waals surface area contributed by atoms with Gasteiger partial charge in [-0.25, -0.2) is 9.37 Å². The molecule has 0 bridgehead atoms. The van der Waals surface area contributed by atoms with E-state index >= 15 is 0 Å². The molecule has 1 N–H and O–H groups in total. The number of halogens is 1. The van der Waals surface area contributed by atoms with Crippen LogP contribution in [0.1, 0.15) is 18.2 Å². The minimum Gasteiger partial charge on any atom is -0.481 e. The Hall–Kier alpha value is -2.34. The molecule has 2 aromatic rings. The number of aliphatic hydroxyl groups excluding tert-OH is 1. The third kappa shape index (κ3) is 2.97. The fourth-order valence-corrected chi connectivity index (χ4v) is 1.66. The molecule has 0 saturated heterocycles. The van der Waals surface area contributed by atoms with Gasteiger partial charge in [0.2, 0.25) is 5.88 Å². The van der Waals surface area contributed by atoms with E-state index in [2.05, 4.69) is 21.5 Å². The van der Waals surface area contributed by atoms with Gasteiger partial charge in [0.05, 0.1) is 37.1 Å². The molecule has 0 saturated carbocycles. The summed E-state index contributed by atoms with van der Waals surface area (Å²) in [7, 11) is 1.45. The van der Waals surface area contributed by atoms with E-state index in [0.29, 0.717) is 23.7 Å². The number of methoxy groups -OCH3 is 1. The Kier molecular flexibility index (Phi) is 4.37. The van der Waals surface area contributed by atoms with Gasteiger partial charge < -0.3 is 9.84 Å². The van der Waals surface area contributed by atoms with Crippen molar-refractivity contribution in [1.82, 2.24) is 15.0 Å². The van der Waals surface area contributed by atoms with Gasteiger partial charge >= 0.3 is 0 Å². The highest BCUT2D eigenvalue weighted by molar-refractivity contribution is 5.59. The third-order valence-electron chi connectivity index (χ3n) is 2.72. The quantitative estimate of drug-likeness (QED) is 0.848. The summed E-state index contributed by atoms with van der Waals surface area (Å²) in [5, 5.41) is 9.74. The molecular formula is C14H14FN3O2. The van der Waals surface area contributed by atoms with Crippen molar-refractivity contribution in [3.05, 3.63) is 48.8 Å². The molecule has 0 aliphatic heterocycles. The van der Waals surface area contributed by atoms with Crippen molar-refractivity contribution in [1.29, 1.82) is 0 Å². The number of aliphatic hydroxyl groups is 1. The van der Waals surface area contributed by atoms with Crippen LogP contribution in [-0.2, 0) is 0 Å². The second-order valence-corrected chi connectivity index (χ2v) is 4.07. The molecule has 104 valence electrons. The molecule has 1 atom stereocenters. The van der Waals surface area contributed by atoms with Gasteiger partial charge in [-0.2, -0.15) is 0 Å². The predicted molar refractivity (Wildman–Crippen MR) is 71.5 cm³/mol. The first-order valence-electron chi connectivity index (χ1n) is 5.96. The fraction of sp³-hybridized carbons (Fsp3) is 0.214. The molecule has 0 aromatic carbocycles. The van der Waals surface area contributed by atoms with Crippen molar-refractivity contribution in [2.45, 2.75) is 12.5 Å². The van der Waals surface area contributed by atoms with Gasteiger partial charge in [-0.1, -0.05) is 6.08 Å². The lowest BCUT2D eigenvalue weighted by Crippen LogP contribution is -2.01. The molecule has 0 fully saturated rings. The number of ether oxygens (including phenoxy) is 1. The highest BCUT2D eigenvalue weighted by atomic mass is 19.1. The SMILES string of the molecule is C=CCC(O)c1cnc(-c2cc(OC)ncc2F)cn1. The fourth-order valence-electron chi connectivity index (χ4n) is 1.66. The van der Waals surface area contributed by atoms with E-state index in [-0.39, 0.29) is 5.56 Å². The summed E-state index contributed by atoms with van der Waals surface area (Å²) in [6.07, 6.45) is 5.09. The van der Waals surface area contributed by atoms with Crippen LogP contribution in [0.25, 0.3) is 11.3 Å². The maximum absolute atomic E-state index is 13.7. The topological polar surface area (TPSA) is 68.1 Å². The van der Waals surface area contributed by atoms with Gasteiger partial charge in [-0.05, 0) is 6.42 Å². The number of nitrogens with zero attached hydrogens (tertiary/aromatic N) is 3. The number of pyridine rings is 1. The van der Waals surface area contributed by atoms with Crippen LogP contribution in [0.5, 0.6) is 5.88 Å². The maximum atomic E-state index is 13.7. The smallest absolute Gasteiger partial charge is 0.213 e. The van der Waals surface area contributed by atoms with E-state index in [1.165, 1.54) is 25.6 Å². The van der Waals surface area contributed by atoms with Crippen LogP contribution >= 0.6 is 0 Å². The Morgan fingerprint density at radius 1 is 1.35 bits per heavy atom. The van der Waals surface area contributed by atoms with Crippen molar-refractivity contribution in [3.63, 3.8) is 0 Å². The minimum atomic E-state index is -0.758. The molecule has 6 heteroatoms. The molecule has 2 aromatic heterocycles. The van der Waals surface area contributed by atoms with Crippen LogP contribution in [0.3, 0.4) is 0 Å². The summed E-state index contributed by atoms with van der Waals surface area (Å²) >= 11 is 0. The number of rotatable bonds is 5. The second-order valence-electron chi connectivity index (χ2n) is 4.07. The van der Waals surface area contributed by atoms with Crippen LogP contribution in [-0.4, -0.2) is 27.2 Å². The molecule has 2 rings (SSSR count). The molecule has 1 unspecified atom stereocenters. The van der Waals surface area contributed by atoms with Gasteiger partial charge in [-0.15, -0.1) is 6.58 Å². The number of hydrogen-bond donors (Lipinski definition) is 1. The first-order chi connectivity index (χ1) is 9.65. The lowest BCUT2D eigenvalue weighted by molar-refractivity contribution is 0.176. The number of aromatic nitrogens is 3. The molecule has 20 heavy (non-hydrogen) atoms. The monoisotopic (exact) mass is 275 g/mol. The van der Waals surface area contributed by atoms with E-state index in [9.17, 15) is 9.50 Å². The highest BCUT2D eigenvalue weighted by Crippen LogP contribution is 2.24. The highest BCUT2D eigenvalue weighted by Gasteiger charge is 2.12. The Bertz CT molecular complexity index is 602. The van der Waals surface area contributed by atoms with Gasteiger partial charge in [0.25, 0.3) is 0 Å². The molecular weight excluding hydrogens is 261 g/mol. The second kappa shape index (κ2) is 6.21. The van der Waals surface area contributed by atoms with Gasteiger partial charge in [0.1, 0.15) is 6.10 Å². The molecule has 0 amide bonds. The van der Waals surface area contributed by atoms with Crippen molar-refractivity contribution >= 4 is 0 Å². The standard InChI is InChI=1S/C14H14FN3O2/c1-3-4-13(19)12-8-16-11(7-17-12)9-5-14(20-2)18-6-10(9)15/h3,5-8,13,19H,1,4H2,2H3. The first kappa shape index (κ1) is 14.1. The molecule has 0 aliphatic rings. The zero-order valence-electron chi connectivity index (χ0n) is 11.0. The lowest BCUT2D eigenvalue weighted by atomic mass is 10.1. The summed E-state index contributed by atoms with van der Waals surface area (Å²) in [6, 6.07) is 1.44. The molecule has 0 spiro atoms. The van der Waals surface area contributed by atoms with E-state index in [4.69, 9.17) is 4.74 Å². The Labute approximate surface area is 115 Å². The van der Waals surface area contributed by atoms with Crippen molar-refractivity contribution in [2.75, 3.05) is 7.11 Å². The zero-order valence-corrected chi connectivity index (χ0v) is 11.0. The minimum absolute atomic E-state index is 0.245. The summed E-state index contributed by atoms with van der Waals surface area (Å²) in [5.41, 5.74) is 1.00. The van der Waals surface area contributed by atoms with Crippen LogP contribution in [0.15, 0.2) is 37.3 Å². The average molecular weight is 275 g/mol. The van der Waals surface area contributed by atoms with Gasteiger partial charge in [0, 0.05) is 11.6 Å². The molecule has 5 nitrogen and oxygen atoms in total. The Morgan fingerprint density at radius 3 is 2.75 bits per heavy atom. The Morgan fingerprint density at radius 2 is 2.15 bits per heavy atom. The van der Waals surface area contributed by atoms with E-state index in [1.807, 2.05) is 0 Å². The molecule has 0 radical (unpaired) electrons. The van der Waals surface area contributed by atoms with Gasteiger partial charge in [0.15, 0.2) is 5.82 Å². The summed E-state index contributed by atoms with van der Waals surface area (Å²) < 4.78 is 18.7. The van der Waals surface area contributed by atoms with E-state index in [1.54, 1.807) is 6.08 Å². The summed E-state index contributed by atoms with van der Waals surface area (Å²) in [6.45, 7) is 3.54. The first-order valence-corrected chi connectivity index (χ1v) is 5.96. The summed E-state index contributed by atoms with van der Waals surface area (Å²) in [5.74, 6) is -0.224. The Balaban J connectivity index is 2.32. The van der Waals surface area contributed by atoms with E-state index in [0.717, 1.165) is 6.20 Å². The van der Waals surface area contributed by atoms with Crippen LogP contribution in [0, 0.1) is 5.82 Å². The average Bonchev–Trinajstić information content (AvgIpc) is 2.48. The van der Waals surface area contributed by atoms with Crippen LogP contribution < -0.4 is 4.74 Å². The zero-order chi connectivity index (χ0) is 14.5. The normalized spacial score (nSPS) is 11.9. The number of hydrogen-bond acceptors (Lipinski definition) is 5. The van der Waals surface area contributed by atoms with Crippen LogP contribution in [0.2, 0.25) is 0 Å². The van der Waals surface area contributed by atoms with Crippen molar-refractivity contribution < 1.29 is 14.2 Å². The molecule has 2 heterocycles. The molecule has 0 aliphatic carbocycles.